The molecule has 0 atom stereocenters. The normalized spacial score (nSPS) is 10.5. The summed E-state index contributed by atoms with van der Waals surface area (Å²) in [6, 6.07) is 9.52. The number of para-hydroxylation sites is 1. The summed E-state index contributed by atoms with van der Waals surface area (Å²) in [5.74, 6) is 0.643. The van der Waals surface area contributed by atoms with Crippen molar-refractivity contribution in [3.8, 4) is 0 Å². The van der Waals surface area contributed by atoms with Gasteiger partial charge in [-0.25, -0.2) is 15.0 Å². The Balaban J connectivity index is 1.54. The molecule has 0 aliphatic rings. The number of hydrogen-bond donors (Lipinski definition) is 1. The number of thiazole rings is 1. The third-order valence-corrected chi connectivity index (χ3v) is 5.03. The van der Waals surface area contributed by atoms with Gasteiger partial charge in [0.05, 0.1) is 12.1 Å². The number of amides is 1. The molecule has 0 radical (unpaired) electrons. The van der Waals surface area contributed by atoms with Gasteiger partial charge in [0.1, 0.15) is 5.01 Å². The van der Waals surface area contributed by atoms with Gasteiger partial charge in [-0.15, -0.1) is 11.3 Å². The molecule has 1 N–H and O–H groups in total. The lowest BCUT2D eigenvalue weighted by Crippen LogP contribution is -2.15. The van der Waals surface area contributed by atoms with E-state index in [0.717, 1.165) is 27.1 Å². The van der Waals surface area contributed by atoms with E-state index < -0.39 is 0 Å². The molecule has 1 aromatic carbocycles. The monoisotopic (exact) mass is 356 g/mol. The lowest BCUT2D eigenvalue weighted by atomic mass is 10.2. The van der Waals surface area contributed by atoms with Crippen molar-refractivity contribution in [2.24, 2.45) is 0 Å². The second kappa shape index (κ2) is 8.03. The Morgan fingerprint density at radius 1 is 1.21 bits per heavy atom. The summed E-state index contributed by atoms with van der Waals surface area (Å²) in [7, 11) is 0. The molecule has 0 saturated carbocycles. The molecule has 0 spiro atoms. The van der Waals surface area contributed by atoms with Gasteiger partial charge in [0, 0.05) is 29.2 Å². The number of carbonyl (C=O) groups excluding carboxylic acids is 1. The lowest BCUT2D eigenvalue weighted by molar-refractivity contribution is -0.115. The fourth-order valence-electron chi connectivity index (χ4n) is 2.04. The maximum absolute atomic E-state index is 12.2. The minimum Gasteiger partial charge on any atom is -0.325 e. The number of carbonyl (C=O) groups is 1. The van der Waals surface area contributed by atoms with E-state index in [1.165, 1.54) is 23.1 Å². The largest absolute Gasteiger partial charge is 0.325 e. The highest BCUT2D eigenvalue weighted by molar-refractivity contribution is 7.98. The molecule has 0 bridgehead atoms. The van der Waals surface area contributed by atoms with E-state index in [0.29, 0.717) is 5.75 Å². The molecular formula is C17H16N4OS2. The molecule has 122 valence electrons. The van der Waals surface area contributed by atoms with Crippen LogP contribution in [0.15, 0.2) is 53.3 Å². The number of aromatic nitrogens is 3. The van der Waals surface area contributed by atoms with Gasteiger partial charge in [-0.3, -0.25) is 4.79 Å². The maximum Gasteiger partial charge on any atom is 0.231 e. The predicted molar refractivity (Wildman–Crippen MR) is 97.2 cm³/mol. The van der Waals surface area contributed by atoms with Crippen molar-refractivity contribution in [1.82, 2.24) is 15.0 Å². The van der Waals surface area contributed by atoms with Crippen LogP contribution in [0, 0.1) is 6.92 Å². The Labute approximate surface area is 148 Å². The third-order valence-electron chi connectivity index (χ3n) is 3.22. The molecule has 2 heterocycles. The van der Waals surface area contributed by atoms with E-state index in [-0.39, 0.29) is 12.3 Å². The first-order valence-electron chi connectivity index (χ1n) is 7.39. The van der Waals surface area contributed by atoms with Gasteiger partial charge in [0.15, 0.2) is 5.16 Å². The number of hydrogen-bond acceptors (Lipinski definition) is 6. The first kappa shape index (κ1) is 16.6. The third kappa shape index (κ3) is 4.62. The van der Waals surface area contributed by atoms with Gasteiger partial charge < -0.3 is 5.32 Å². The minimum atomic E-state index is -0.0516. The van der Waals surface area contributed by atoms with Gasteiger partial charge in [-0.05, 0) is 24.6 Å². The van der Waals surface area contributed by atoms with E-state index in [9.17, 15) is 4.79 Å². The average molecular weight is 356 g/mol. The zero-order valence-electron chi connectivity index (χ0n) is 13.1. The molecule has 1 amide bonds. The Hall–Kier alpha value is -2.25. The first-order valence-corrected chi connectivity index (χ1v) is 9.26. The molecular weight excluding hydrogens is 340 g/mol. The Kier molecular flexibility index (Phi) is 5.55. The lowest BCUT2D eigenvalue weighted by Gasteiger charge is -2.06. The topological polar surface area (TPSA) is 67.8 Å². The van der Waals surface area contributed by atoms with Crippen molar-refractivity contribution in [3.05, 3.63) is 64.4 Å². The fraction of sp³-hybridized carbons (Fsp3) is 0.176. The number of anilines is 1. The van der Waals surface area contributed by atoms with Crippen LogP contribution in [0.4, 0.5) is 5.69 Å². The van der Waals surface area contributed by atoms with Crippen LogP contribution in [0.1, 0.15) is 16.3 Å². The molecule has 3 rings (SSSR count). The standard InChI is InChI=1S/C17H16N4OS2/c1-12-5-2-3-6-14(12)21-15(22)9-16-20-13(10-23-16)11-24-17-18-7-4-8-19-17/h2-8,10H,9,11H2,1H3,(H,21,22). The van der Waals surface area contributed by atoms with Crippen LogP contribution in [0.5, 0.6) is 0 Å². The smallest absolute Gasteiger partial charge is 0.231 e. The van der Waals surface area contributed by atoms with E-state index >= 15 is 0 Å². The summed E-state index contributed by atoms with van der Waals surface area (Å²) in [4.78, 5) is 25.0. The summed E-state index contributed by atoms with van der Waals surface area (Å²) in [6.07, 6.45) is 3.72. The van der Waals surface area contributed by atoms with E-state index in [1.54, 1.807) is 18.5 Å². The number of nitrogens with one attached hydrogen (secondary N) is 1. The van der Waals surface area contributed by atoms with Crippen LogP contribution in [-0.4, -0.2) is 20.9 Å². The highest BCUT2D eigenvalue weighted by Crippen LogP contribution is 2.21. The van der Waals surface area contributed by atoms with Crippen molar-refractivity contribution < 1.29 is 4.79 Å². The van der Waals surface area contributed by atoms with Crippen molar-refractivity contribution in [3.63, 3.8) is 0 Å². The zero-order valence-corrected chi connectivity index (χ0v) is 14.7. The number of nitrogens with zero attached hydrogens (tertiary/aromatic N) is 3. The van der Waals surface area contributed by atoms with Crippen molar-refractivity contribution in [1.29, 1.82) is 0 Å². The average Bonchev–Trinajstić information content (AvgIpc) is 3.03. The Morgan fingerprint density at radius 2 is 2.00 bits per heavy atom. The minimum absolute atomic E-state index is 0.0516. The van der Waals surface area contributed by atoms with E-state index in [4.69, 9.17) is 0 Å². The zero-order chi connectivity index (χ0) is 16.8. The number of aryl methyl sites for hydroxylation is 1. The SMILES string of the molecule is Cc1ccccc1NC(=O)Cc1nc(CSc2ncccn2)cs1. The van der Waals surface area contributed by atoms with Crippen molar-refractivity contribution in [2.45, 2.75) is 24.3 Å². The molecule has 3 aromatic rings. The van der Waals surface area contributed by atoms with Crippen LogP contribution < -0.4 is 5.32 Å². The second-order valence-corrected chi connectivity index (χ2v) is 6.98. The molecule has 0 unspecified atom stereocenters. The van der Waals surface area contributed by atoms with Gasteiger partial charge in [-0.2, -0.15) is 0 Å². The summed E-state index contributed by atoms with van der Waals surface area (Å²) >= 11 is 3.03. The Morgan fingerprint density at radius 3 is 2.79 bits per heavy atom. The molecule has 0 fully saturated rings. The number of thioether (sulfide) groups is 1. The van der Waals surface area contributed by atoms with Crippen LogP contribution in [-0.2, 0) is 17.0 Å². The summed E-state index contributed by atoms with van der Waals surface area (Å²) in [5.41, 5.74) is 2.83. The van der Waals surface area contributed by atoms with Gasteiger partial charge >= 0.3 is 0 Å². The Bertz CT molecular complexity index is 820. The molecule has 5 nitrogen and oxygen atoms in total. The van der Waals surface area contributed by atoms with Crippen molar-refractivity contribution in [2.75, 3.05) is 5.32 Å². The summed E-state index contributed by atoms with van der Waals surface area (Å²) in [6.45, 7) is 1.97. The molecule has 24 heavy (non-hydrogen) atoms. The van der Waals surface area contributed by atoms with Gasteiger partial charge in [0.2, 0.25) is 5.91 Å². The maximum atomic E-state index is 12.2. The summed E-state index contributed by atoms with van der Waals surface area (Å²) in [5, 5.41) is 6.44. The highest BCUT2D eigenvalue weighted by Gasteiger charge is 2.10. The molecule has 2 aromatic heterocycles. The van der Waals surface area contributed by atoms with E-state index in [1.807, 2.05) is 36.6 Å². The number of benzene rings is 1. The van der Waals surface area contributed by atoms with Gasteiger partial charge in [0.25, 0.3) is 0 Å². The molecule has 0 aliphatic heterocycles. The molecule has 0 aliphatic carbocycles. The van der Waals surface area contributed by atoms with Gasteiger partial charge in [-0.1, -0.05) is 30.0 Å². The van der Waals surface area contributed by atoms with Crippen LogP contribution >= 0.6 is 23.1 Å². The van der Waals surface area contributed by atoms with Crippen LogP contribution in [0.2, 0.25) is 0 Å². The molecule has 0 saturated heterocycles. The van der Waals surface area contributed by atoms with Crippen LogP contribution in [0.25, 0.3) is 0 Å². The second-order valence-electron chi connectivity index (χ2n) is 5.09. The first-order chi connectivity index (χ1) is 11.7. The fourth-order valence-corrected chi connectivity index (χ4v) is 3.63. The van der Waals surface area contributed by atoms with Crippen LogP contribution in [0.3, 0.4) is 0 Å². The van der Waals surface area contributed by atoms with E-state index in [2.05, 4.69) is 20.3 Å². The number of rotatable bonds is 6. The summed E-state index contributed by atoms with van der Waals surface area (Å²) < 4.78 is 0. The molecule has 7 heteroatoms. The highest BCUT2D eigenvalue weighted by atomic mass is 32.2. The predicted octanol–water partition coefficient (Wildman–Crippen LogP) is 3.72. The quantitative estimate of drug-likeness (QED) is 0.539. The van der Waals surface area contributed by atoms with Crippen molar-refractivity contribution >= 4 is 34.7 Å².